The molecular formula is C31H54O5. The second kappa shape index (κ2) is 16.3. The summed E-state index contributed by atoms with van der Waals surface area (Å²) in [6.45, 7) is 13.4. The zero-order chi connectivity index (χ0) is 27.3. The third-order valence-electron chi connectivity index (χ3n) is 7.71. The van der Waals surface area contributed by atoms with E-state index in [2.05, 4.69) is 40.7 Å². The molecule has 0 spiro atoms. The van der Waals surface area contributed by atoms with Gasteiger partial charge in [0, 0.05) is 25.4 Å². The summed E-state index contributed by atoms with van der Waals surface area (Å²) in [7, 11) is 6.05. The summed E-state index contributed by atoms with van der Waals surface area (Å²) in [5.74, 6) is 1.39. The van der Waals surface area contributed by atoms with Crippen molar-refractivity contribution in [3.05, 3.63) is 34.3 Å². The Morgan fingerprint density at radius 2 is 1.36 bits per heavy atom. The van der Waals surface area contributed by atoms with Gasteiger partial charge in [-0.3, -0.25) is 4.79 Å². The summed E-state index contributed by atoms with van der Waals surface area (Å²) in [5, 5.41) is 0. The number of carbonyl (C=O) groups excluding carboxylic acids is 1. The number of hydrogen-bond acceptors (Lipinski definition) is 5. The number of rotatable bonds is 18. The highest BCUT2D eigenvalue weighted by Crippen LogP contribution is 2.41. The summed E-state index contributed by atoms with van der Waals surface area (Å²) >= 11 is 0. The van der Waals surface area contributed by atoms with Crippen molar-refractivity contribution in [2.75, 3.05) is 28.4 Å². The van der Waals surface area contributed by atoms with Crippen molar-refractivity contribution < 1.29 is 23.7 Å². The van der Waals surface area contributed by atoms with Gasteiger partial charge in [0.2, 0.25) is 17.3 Å². The van der Waals surface area contributed by atoms with E-state index in [0.29, 0.717) is 17.6 Å². The van der Waals surface area contributed by atoms with Crippen LogP contribution >= 0.6 is 0 Å². The van der Waals surface area contributed by atoms with Crippen LogP contribution in [0.2, 0.25) is 0 Å². The molecule has 0 aromatic rings. The van der Waals surface area contributed by atoms with Gasteiger partial charge in [0.25, 0.3) is 5.79 Å². The number of hydrogen-bond donors (Lipinski definition) is 0. The molecule has 0 saturated carbocycles. The smallest absolute Gasteiger partial charge is 0.255 e. The highest BCUT2D eigenvalue weighted by molar-refractivity contribution is 6.09. The predicted octanol–water partition coefficient (Wildman–Crippen LogP) is 8.15. The standard InChI is InChI=1S/C31H54O5/c1-22(2)14-11-15-23(3)16-12-17-24(4)18-13-19-25(5)20-21-27-26(6)31(35-9,36-10)30(34-8)29(33-7)28(27)32/h20,22-24H,11-19,21H2,1-10H3/b25-20+. The quantitative estimate of drug-likeness (QED) is 0.139. The Morgan fingerprint density at radius 1 is 0.833 bits per heavy atom. The van der Waals surface area contributed by atoms with Crippen LogP contribution in [0.4, 0.5) is 0 Å². The van der Waals surface area contributed by atoms with E-state index in [1.165, 1.54) is 71.2 Å². The fourth-order valence-corrected chi connectivity index (χ4v) is 5.25. The second-order valence-electron chi connectivity index (χ2n) is 11.1. The molecule has 5 heteroatoms. The molecule has 1 aliphatic carbocycles. The molecule has 0 heterocycles. The van der Waals surface area contributed by atoms with Crippen molar-refractivity contribution in [3.63, 3.8) is 0 Å². The number of allylic oxidation sites excluding steroid dienone is 3. The van der Waals surface area contributed by atoms with Crippen LogP contribution in [0.1, 0.15) is 106 Å². The number of carbonyl (C=O) groups is 1. The topological polar surface area (TPSA) is 54.0 Å². The molecule has 0 aromatic heterocycles. The van der Waals surface area contributed by atoms with E-state index >= 15 is 0 Å². The SMILES string of the molecule is COC1=C(OC)C(OC)(OC)C(C)=C(C/C=C(\C)CCCC(C)CCCC(C)CCCC(C)C)C1=O. The van der Waals surface area contributed by atoms with Crippen molar-refractivity contribution in [2.24, 2.45) is 17.8 Å². The molecule has 2 atom stereocenters. The minimum absolute atomic E-state index is 0.135. The molecule has 0 N–H and O–H groups in total. The maximum atomic E-state index is 13.1. The van der Waals surface area contributed by atoms with Gasteiger partial charge in [-0.1, -0.05) is 84.3 Å². The van der Waals surface area contributed by atoms with Crippen molar-refractivity contribution in [2.45, 2.75) is 112 Å². The maximum Gasteiger partial charge on any atom is 0.255 e. The fraction of sp³-hybridized carbons (Fsp3) is 0.774. The van der Waals surface area contributed by atoms with Gasteiger partial charge in [0.05, 0.1) is 14.2 Å². The van der Waals surface area contributed by atoms with Crippen LogP contribution in [0, 0.1) is 17.8 Å². The van der Waals surface area contributed by atoms with E-state index in [9.17, 15) is 4.79 Å². The predicted molar refractivity (Wildman–Crippen MR) is 149 cm³/mol. The van der Waals surface area contributed by atoms with E-state index in [1.54, 1.807) is 14.2 Å². The largest absolute Gasteiger partial charge is 0.492 e. The highest BCUT2D eigenvalue weighted by Gasteiger charge is 2.48. The number of methoxy groups -OCH3 is 4. The molecule has 0 saturated heterocycles. The normalized spacial score (nSPS) is 18.2. The summed E-state index contributed by atoms with van der Waals surface area (Å²) < 4.78 is 22.3. The lowest BCUT2D eigenvalue weighted by Crippen LogP contribution is -2.44. The highest BCUT2D eigenvalue weighted by atomic mass is 16.7. The second-order valence-corrected chi connectivity index (χ2v) is 11.1. The molecule has 0 bridgehead atoms. The van der Waals surface area contributed by atoms with Crippen LogP contribution in [0.5, 0.6) is 0 Å². The van der Waals surface area contributed by atoms with Crippen LogP contribution in [-0.4, -0.2) is 40.0 Å². The molecule has 0 aromatic carbocycles. The fourth-order valence-electron chi connectivity index (χ4n) is 5.25. The van der Waals surface area contributed by atoms with Gasteiger partial charge in [0.1, 0.15) is 0 Å². The first kappa shape index (κ1) is 32.4. The van der Waals surface area contributed by atoms with E-state index in [4.69, 9.17) is 18.9 Å². The first-order valence-electron chi connectivity index (χ1n) is 13.9. The Morgan fingerprint density at radius 3 is 1.83 bits per heavy atom. The Hall–Kier alpha value is -1.59. The van der Waals surface area contributed by atoms with E-state index in [-0.39, 0.29) is 17.3 Å². The first-order chi connectivity index (χ1) is 17.1. The van der Waals surface area contributed by atoms with Gasteiger partial charge >= 0.3 is 0 Å². The third-order valence-corrected chi connectivity index (χ3v) is 7.71. The molecule has 0 fully saturated rings. The molecule has 0 radical (unpaired) electrons. The molecule has 1 rings (SSSR count). The van der Waals surface area contributed by atoms with E-state index < -0.39 is 5.79 Å². The Balaban J connectivity index is 2.58. The van der Waals surface area contributed by atoms with Crippen LogP contribution in [0.15, 0.2) is 34.3 Å². The van der Waals surface area contributed by atoms with Gasteiger partial charge in [-0.25, -0.2) is 0 Å². The van der Waals surface area contributed by atoms with Crippen LogP contribution in [0.3, 0.4) is 0 Å². The molecule has 5 nitrogen and oxygen atoms in total. The first-order valence-corrected chi connectivity index (χ1v) is 13.9. The summed E-state index contributed by atoms with van der Waals surface area (Å²) in [5.41, 5.74) is 2.63. The number of ketones is 1. The average molecular weight is 507 g/mol. The average Bonchev–Trinajstić information content (AvgIpc) is 2.83. The zero-order valence-electron chi connectivity index (χ0n) is 24.9. The zero-order valence-corrected chi connectivity index (χ0v) is 24.9. The Labute approximate surface area is 221 Å². The van der Waals surface area contributed by atoms with Gasteiger partial charge in [0.15, 0.2) is 0 Å². The lowest BCUT2D eigenvalue weighted by atomic mass is 9.86. The molecule has 0 amide bonds. The van der Waals surface area contributed by atoms with Crippen LogP contribution < -0.4 is 0 Å². The van der Waals surface area contributed by atoms with Gasteiger partial charge in [-0.15, -0.1) is 0 Å². The summed E-state index contributed by atoms with van der Waals surface area (Å²) in [6.07, 6.45) is 14.3. The molecular weight excluding hydrogens is 452 g/mol. The number of Topliss-reactive ketones (excluding diaryl/α,β-unsaturated/α-hetero) is 1. The van der Waals surface area contributed by atoms with Crippen molar-refractivity contribution in [1.29, 1.82) is 0 Å². The van der Waals surface area contributed by atoms with Gasteiger partial charge in [-0.2, -0.15) is 0 Å². The van der Waals surface area contributed by atoms with Crippen LogP contribution in [-0.2, 0) is 23.7 Å². The minimum Gasteiger partial charge on any atom is -0.492 e. The Kier molecular flexibility index (Phi) is 14.7. The van der Waals surface area contributed by atoms with Crippen molar-refractivity contribution in [1.82, 2.24) is 0 Å². The number of ether oxygens (including phenoxy) is 4. The maximum absolute atomic E-state index is 13.1. The summed E-state index contributed by atoms with van der Waals surface area (Å²) in [6, 6.07) is 0. The van der Waals surface area contributed by atoms with E-state index in [1.807, 2.05) is 6.92 Å². The third kappa shape index (κ3) is 9.06. The minimum atomic E-state index is -1.26. The van der Waals surface area contributed by atoms with Gasteiger partial charge in [-0.05, 0) is 50.9 Å². The molecule has 1 aliphatic rings. The molecule has 36 heavy (non-hydrogen) atoms. The van der Waals surface area contributed by atoms with Gasteiger partial charge < -0.3 is 18.9 Å². The lowest BCUT2D eigenvalue weighted by Gasteiger charge is -2.37. The lowest BCUT2D eigenvalue weighted by molar-refractivity contribution is -0.179. The summed E-state index contributed by atoms with van der Waals surface area (Å²) in [4.78, 5) is 13.1. The monoisotopic (exact) mass is 506 g/mol. The Bertz CT molecular complexity index is 770. The molecule has 0 aliphatic heterocycles. The molecule has 2 unspecified atom stereocenters. The van der Waals surface area contributed by atoms with Crippen molar-refractivity contribution >= 4 is 5.78 Å². The van der Waals surface area contributed by atoms with E-state index in [0.717, 1.165) is 24.2 Å². The van der Waals surface area contributed by atoms with Crippen LogP contribution in [0.25, 0.3) is 0 Å². The molecule has 208 valence electrons. The van der Waals surface area contributed by atoms with Crippen molar-refractivity contribution in [3.8, 4) is 0 Å².